The first-order valence-corrected chi connectivity index (χ1v) is 4.12. The van der Waals surface area contributed by atoms with Crippen LogP contribution in [0.1, 0.15) is 19.5 Å². The third kappa shape index (κ3) is 1.61. The Morgan fingerprint density at radius 1 is 1.25 bits per heavy atom. The van der Waals surface area contributed by atoms with Gasteiger partial charge in [0.15, 0.2) is 0 Å². The van der Waals surface area contributed by atoms with E-state index in [9.17, 15) is 0 Å². The van der Waals surface area contributed by atoms with Gasteiger partial charge in [-0.3, -0.25) is 10.1 Å². The van der Waals surface area contributed by atoms with Gasteiger partial charge in [0, 0.05) is 17.3 Å². The highest BCUT2D eigenvalue weighted by molar-refractivity contribution is 5.76. The molecule has 2 aromatic heterocycles. The fraction of sp³-hybridized carbons (Fsp3) is 0.333. The van der Waals surface area contributed by atoms with Crippen LogP contribution in [0.15, 0.2) is 18.5 Å². The van der Waals surface area contributed by atoms with E-state index in [1.165, 1.54) is 0 Å². The van der Waals surface area contributed by atoms with Crippen LogP contribution in [0.2, 0.25) is 0 Å². The third-order valence-corrected chi connectivity index (χ3v) is 1.46. The SMILES string of the molecule is CC.Cc1cc2[nH]ncc2cn1. The van der Waals surface area contributed by atoms with Crippen LogP contribution < -0.4 is 0 Å². The number of hydrogen-bond acceptors (Lipinski definition) is 2. The van der Waals surface area contributed by atoms with Gasteiger partial charge in [-0.15, -0.1) is 0 Å². The lowest BCUT2D eigenvalue weighted by Gasteiger charge is -1.88. The topological polar surface area (TPSA) is 41.6 Å². The Labute approximate surface area is 71.8 Å². The molecule has 1 N–H and O–H groups in total. The van der Waals surface area contributed by atoms with Gasteiger partial charge in [0.25, 0.3) is 0 Å². The molecule has 0 radical (unpaired) electrons. The summed E-state index contributed by atoms with van der Waals surface area (Å²) in [5.74, 6) is 0. The number of pyridine rings is 1. The van der Waals surface area contributed by atoms with Crippen LogP contribution in [0.3, 0.4) is 0 Å². The maximum absolute atomic E-state index is 4.12. The van der Waals surface area contributed by atoms with E-state index >= 15 is 0 Å². The molecule has 0 saturated heterocycles. The highest BCUT2D eigenvalue weighted by Crippen LogP contribution is 2.08. The summed E-state index contributed by atoms with van der Waals surface area (Å²) in [5.41, 5.74) is 2.06. The molecule has 3 nitrogen and oxygen atoms in total. The van der Waals surface area contributed by atoms with E-state index in [1.807, 2.05) is 33.0 Å². The number of fused-ring (bicyclic) bond motifs is 1. The molecule has 0 amide bonds. The van der Waals surface area contributed by atoms with Gasteiger partial charge < -0.3 is 0 Å². The molecule has 0 aliphatic heterocycles. The highest BCUT2D eigenvalue weighted by Gasteiger charge is 1.93. The number of aryl methyl sites for hydroxylation is 1. The molecule has 0 bridgehead atoms. The highest BCUT2D eigenvalue weighted by atomic mass is 15.1. The van der Waals surface area contributed by atoms with Crippen LogP contribution in [0.25, 0.3) is 10.9 Å². The molecule has 2 aromatic rings. The summed E-state index contributed by atoms with van der Waals surface area (Å²) in [6, 6.07) is 1.97. The van der Waals surface area contributed by atoms with Gasteiger partial charge in [-0.25, -0.2) is 0 Å². The monoisotopic (exact) mass is 163 g/mol. The first kappa shape index (κ1) is 8.71. The number of nitrogens with one attached hydrogen (secondary N) is 1. The first-order chi connectivity index (χ1) is 5.86. The quantitative estimate of drug-likeness (QED) is 0.647. The van der Waals surface area contributed by atoms with Gasteiger partial charge >= 0.3 is 0 Å². The second-order valence-electron chi connectivity index (χ2n) is 2.28. The minimum absolute atomic E-state index is 1.01. The predicted octanol–water partition coefficient (Wildman–Crippen LogP) is 2.29. The molecule has 0 fully saturated rings. The molecule has 3 heteroatoms. The summed E-state index contributed by atoms with van der Waals surface area (Å²) in [6.45, 7) is 5.96. The molecule has 2 heterocycles. The molecule has 0 saturated carbocycles. The predicted molar refractivity (Wildman–Crippen MR) is 50.0 cm³/mol. The Morgan fingerprint density at radius 3 is 2.75 bits per heavy atom. The maximum atomic E-state index is 4.12. The minimum atomic E-state index is 1.01. The van der Waals surface area contributed by atoms with E-state index in [2.05, 4.69) is 15.2 Å². The second-order valence-corrected chi connectivity index (χ2v) is 2.28. The smallest absolute Gasteiger partial charge is 0.0683 e. The average molecular weight is 163 g/mol. The standard InChI is InChI=1S/C7H7N3.C2H6/c1-5-2-7-6(3-8-5)4-9-10-7;1-2/h2-4H,1H3,(H,9,10);1-2H3. The Kier molecular flexibility index (Phi) is 2.80. The third-order valence-electron chi connectivity index (χ3n) is 1.46. The van der Waals surface area contributed by atoms with E-state index in [0.717, 1.165) is 16.6 Å². The summed E-state index contributed by atoms with van der Waals surface area (Å²) >= 11 is 0. The van der Waals surface area contributed by atoms with Crippen molar-refractivity contribution in [3.63, 3.8) is 0 Å². The summed E-state index contributed by atoms with van der Waals surface area (Å²) in [4.78, 5) is 4.12. The van der Waals surface area contributed by atoms with Gasteiger partial charge in [-0.05, 0) is 13.0 Å². The molecule has 0 atom stereocenters. The summed E-state index contributed by atoms with van der Waals surface area (Å²) in [5, 5.41) is 7.81. The summed E-state index contributed by atoms with van der Waals surface area (Å²) in [6.07, 6.45) is 3.58. The Morgan fingerprint density at radius 2 is 2.00 bits per heavy atom. The molecule has 0 aliphatic rings. The Hall–Kier alpha value is -1.38. The van der Waals surface area contributed by atoms with Crippen molar-refractivity contribution in [2.45, 2.75) is 20.8 Å². The van der Waals surface area contributed by atoms with E-state index < -0.39 is 0 Å². The van der Waals surface area contributed by atoms with Crippen molar-refractivity contribution in [1.29, 1.82) is 0 Å². The second kappa shape index (κ2) is 3.85. The van der Waals surface area contributed by atoms with Crippen molar-refractivity contribution in [1.82, 2.24) is 15.2 Å². The lowest BCUT2D eigenvalue weighted by atomic mass is 10.3. The first-order valence-electron chi connectivity index (χ1n) is 4.12. The summed E-state index contributed by atoms with van der Waals surface area (Å²) < 4.78 is 0. The number of aromatic amines is 1. The van der Waals surface area contributed by atoms with Crippen LogP contribution in [-0.2, 0) is 0 Å². The van der Waals surface area contributed by atoms with Gasteiger partial charge in [0.05, 0.1) is 11.7 Å². The van der Waals surface area contributed by atoms with Crippen molar-refractivity contribution in [2.24, 2.45) is 0 Å². The number of nitrogens with zero attached hydrogens (tertiary/aromatic N) is 2. The molecular weight excluding hydrogens is 150 g/mol. The fourth-order valence-electron chi connectivity index (χ4n) is 0.941. The van der Waals surface area contributed by atoms with Crippen LogP contribution in [0.4, 0.5) is 0 Å². The minimum Gasteiger partial charge on any atom is -0.278 e. The molecule has 64 valence electrons. The molecular formula is C9H13N3. The largest absolute Gasteiger partial charge is 0.278 e. The van der Waals surface area contributed by atoms with Crippen molar-refractivity contribution in [3.05, 3.63) is 24.2 Å². The normalized spacial score (nSPS) is 9.25. The number of H-pyrrole nitrogens is 1. The van der Waals surface area contributed by atoms with Crippen LogP contribution in [0, 0.1) is 6.92 Å². The summed E-state index contributed by atoms with van der Waals surface area (Å²) in [7, 11) is 0. The van der Waals surface area contributed by atoms with E-state index in [1.54, 1.807) is 6.20 Å². The fourth-order valence-corrected chi connectivity index (χ4v) is 0.941. The van der Waals surface area contributed by atoms with Gasteiger partial charge in [0.2, 0.25) is 0 Å². The van der Waals surface area contributed by atoms with Gasteiger partial charge in [-0.2, -0.15) is 5.10 Å². The van der Waals surface area contributed by atoms with Crippen LogP contribution >= 0.6 is 0 Å². The number of hydrogen-bond donors (Lipinski definition) is 1. The number of rotatable bonds is 0. The lowest BCUT2D eigenvalue weighted by molar-refractivity contribution is 1.12. The van der Waals surface area contributed by atoms with Crippen molar-refractivity contribution in [3.8, 4) is 0 Å². The van der Waals surface area contributed by atoms with E-state index in [-0.39, 0.29) is 0 Å². The maximum Gasteiger partial charge on any atom is 0.0683 e. The zero-order valence-electron chi connectivity index (χ0n) is 7.63. The van der Waals surface area contributed by atoms with Crippen LogP contribution in [0.5, 0.6) is 0 Å². The van der Waals surface area contributed by atoms with Gasteiger partial charge in [0.1, 0.15) is 0 Å². The van der Waals surface area contributed by atoms with Crippen LogP contribution in [-0.4, -0.2) is 15.2 Å². The Bertz CT molecular complexity index is 351. The molecule has 2 rings (SSSR count). The Balaban J connectivity index is 0.000000336. The van der Waals surface area contributed by atoms with Crippen molar-refractivity contribution in [2.75, 3.05) is 0 Å². The van der Waals surface area contributed by atoms with Crippen molar-refractivity contribution < 1.29 is 0 Å². The molecule has 12 heavy (non-hydrogen) atoms. The average Bonchev–Trinajstić information content (AvgIpc) is 2.54. The molecule has 0 spiro atoms. The molecule has 0 aliphatic carbocycles. The zero-order valence-corrected chi connectivity index (χ0v) is 7.63. The van der Waals surface area contributed by atoms with Gasteiger partial charge in [-0.1, -0.05) is 13.8 Å². The van der Waals surface area contributed by atoms with E-state index in [4.69, 9.17) is 0 Å². The van der Waals surface area contributed by atoms with E-state index in [0.29, 0.717) is 0 Å². The van der Waals surface area contributed by atoms with Crippen molar-refractivity contribution >= 4 is 10.9 Å². The molecule has 0 unspecified atom stereocenters. The molecule has 0 aromatic carbocycles. The lowest BCUT2D eigenvalue weighted by Crippen LogP contribution is -1.77. The number of aromatic nitrogens is 3. The zero-order chi connectivity index (χ0) is 8.97.